The molecule has 6 heteroatoms. The molecule has 1 heterocycles. The first-order valence-electron chi connectivity index (χ1n) is 6.74. The summed E-state index contributed by atoms with van der Waals surface area (Å²) in [6, 6.07) is 9.04. The molecule has 0 saturated heterocycles. The highest BCUT2D eigenvalue weighted by atomic mass is 16.5. The summed E-state index contributed by atoms with van der Waals surface area (Å²) in [5, 5.41) is 8.97. The Kier molecular flexibility index (Phi) is 3.42. The third kappa shape index (κ3) is 2.93. The smallest absolute Gasteiger partial charge is 0.224 e. The van der Waals surface area contributed by atoms with Gasteiger partial charge in [-0.1, -0.05) is 6.07 Å². The zero-order valence-electron chi connectivity index (χ0n) is 11.6. The molecule has 1 saturated carbocycles. The van der Waals surface area contributed by atoms with Crippen molar-refractivity contribution in [2.24, 2.45) is 5.84 Å². The molecule has 1 aliphatic rings. The minimum Gasteiger partial charge on any atom is -0.439 e. The van der Waals surface area contributed by atoms with Gasteiger partial charge >= 0.3 is 0 Å². The number of nitrogens with two attached hydrogens (primary N) is 1. The molecular weight excluding hydrogens is 266 g/mol. The number of anilines is 1. The number of benzene rings is 1. The third-order valence-electron chi connectivity index (χ3n) is 3.34. The van der Waals surface area contributed by atoms with Gasteiger partial charge in [0, 0.05) is 12.0 Å². The first-order chi connectivity index (χ1) is 10.2. The van der Waals surface area contributed by atoms with Gasteiger partial charge in [0.2, 0.25) is 5.88 Å². The maximum atomic E-state index is 8.97. The Morgan fingerprint density at radius 1 is 1.33 bits per heavy atom. The number of hydrogen-bond acceptors (Lipinski definition) is 6. The first-order valence-corrected chi connectivity index (χ1v) is 6.74. The lowest BCUT2D eigenvalue weighted by atomic mass is 10.1. The molecule has 106 valence electrons. The van der Waals surface area contributed by atoms with E-state index in [2.05, 4.69) is 21.5 Å². The second kappa shape index (κ2) is 5.38. The van der Waals surface area contributed by atoms with E-state index in [0.717, 1.165) is 24.2 Å². The van der Waals surface area contributed by atoms with Crippen LogP contribution in [-0.2, 0) is 0 Å². The number of aromatic nitrogens is 2. The molecular formula is C15H15N5O. The molecule has 0 bridgehead atoms. The van der Waals surface area contributed by atoms with Gasteiger partial charge in [-0.15, -0.1) is 0 Å². The quantitative estimate of drug-likeness (QED) is 0.660. The van der Waals surface area contributed by atoms with E-state index in [0.29, 0.717) is 28.9 Å². The molecule has 21 heavy (non-hydrogen) atoms. The molecule has 1 aromatic carbocycles. The lowest BCUT2D eigenvalue weighted by Crippen LogP contribution is -2.10. The van der Waals surface area contributed by atoms with Gasteiger partial charge in [-0.2, -0.15) is 10.2 Å². The summed E-state index contributed by atoms with van der Waals surface area (Å²) < 4.78 is 5.81. The fourth-order valence-electron chi connectivity index (χ4n) is 1.99. The van der Waals surface area contributed by atoms with Gasteiger partial charge in [0.05, 0.1) is 11.6 Å². The number of hydrogen-bond donors (Lipinski definition) is 2. The van der Waals surface area contributed by atoms with Crippen molar-refractivity contribution in [1.82, 2.24) is 9.97 Å². The van der Waals surface area contributed by atoms with Gasteiger partial charge in [-0.3, -0.25) is 0 Å². The fraction of sp³-hybridized carbons (Fsp3) is 0.267. The lowest BCUT2D eigenvalue weighted by molar-refractivity contribution is 0.455. The molecule has 2 aromatic rings. The minimum absolute atomic E-state index is 0.396. The van der Waals surface area contributed by atoms with Crippen molar-refractivity contribution in [3.63, 3.8) is 0 Å². The number of nitrogen functional groups attached to an aromatic ring is 1. The molecule has 0 amide bonds. The second-order valence-electron chi connectivity index (χ2n) is 5.06. The molecule has 1 fully saturated rings. The van der Waals surface area contributed by atoms with Gasteiger partial charge in [-0.25, -0.2) is 10.8 Å². The SMILES string of the molecule is Cc1ccc(C#N)cc1Oc1cc(NN)nc(C2CC2)n1. The average Bonchev–Trinajstić information content (AvgIpc) is 3.34. The summed E-state index contributed by atoms with van der Waals surface area (Å²) in [6.45, 7) is 1.92. The Bertz CT molecular complexity index is 718. The Morgan fingerprint density at radius 2 is 2.14 bits per heavy atom. The third-order valence-corrected chi connectivity index (χ3v) is 3.34. The normalized spacial score (nSPS) is 13.6. The molecule has 0 atom stereocenters. The molecule has 0 spiro atoms. The summed E-state index contributed by atoms with van der Waals surface area (Å²) in [5.74, 6) is 8.14. The van der Waals surface area contributed by atoms with E-state index in [-0.39, 0.29) is 0 Å². The van der Waals surface area contributed by atoms with E-state index >= 15 is 0 Å². The highest BCUT2D eigenvalue weighted by molar-refractivity contribution is 5.45. The van der Waals surface area contributed by atoms with Crippen LogP contribution in [0.4, 0.5) is 5.82 Å². The van der Waals surface area contributed by atoms with Crippen LogP contribution in [0.3, 0.4) is 0 Å². The Hall–Kier alpha value is -2.65. The van der Waals surface area contributed by atoms with Crippen LogP contribution in [0, 0.1) is 18.3 Å². The topological polar surface area (TPSA) is 96.8 Å². The van der Waals surface area contributed by atoms with Crippen LogP contribution in [0.1, 0.15) is 35.7 Å². The van der Waals surface area contributed by atoms with Crippen molar-refractivity contribution in [3.05, 3.63) is 41.2 Å². The summed E-state index contributed by atoms with van der Waals surface area (Å²) in [7, 11) is 0. The van der Waals surface area contributed by atoms with Gasteiger partial charge in [0.25, 0.3) is 0 Å². The van der Waals surface area contributed by atoms with Crippen molar-refractivity contribution in [2.75, 3.05) is 5.43 Å². The van der Waals surface area contributed by atoms with Crippen LogP contribution in [0.2, 0.25) is 0 Å². The van der Waals surface area contributed by atoms with E-state index in [9.17, 15) is 0 Å². The van der Waals surface area contributed by atoms with E-state index in [1.165, 1.54) is 0 Å². The number of hydrazine groups is 1. The number of rotatable bonds is 4. The monoisotopic (exact) mass is 281 g/mol. The van der Waals surface area contributed by atoms with Crippen LogP contribution in [0.5, 0.6) is 11.6 Å². The van der Waals surface area contributed by atoms with Crippen LogP contribution < -0.4 is 16.0 Å². The van der Waals surface area contributed by atoms with Gasteiger partial charge < -0.3 is 10.2 Å². The molecule has 1 aromatic heterocycles. The van der Waals surface area contributed by atoms with Crippen LogP contribution in [0.25, 0.3) is 0 Å². The Morgan fingerprint density at radius 3 is 2.81 bits per heavy atom. The molecule has 1 aliphatic carbocycles. The summed E-state index contributed by atoms with van der Waals surface area (Å²) in [6.07, 6.45) is 2.19. The fourth-order valence-corrected chi connectivity index (χ4v) is 1.99. The maximum Gasteiger partial charge on any atom is 0.224 e. The van der Waals surface area contributed by atoms with E-state index in [4.69, 9.17) is 15.8 Å². The summed E-state index contributed by atoms with van der Waals surface area (Å²) >= 11 is 0. The number of nitriles is 1. The largest absolute Gasteiger partial charge is 0.439 e. The van der Waals surface area contributed by atoms with E-state index in [1.54, 1.807) is 18.2 Å². The van der Waals surface area contributed by atoms with Crippen molar-refractivity contribution in [2.45, 2.75) is 25.7 Å². The van der Waals surface area contributed by atoms with Crippen molar-refractivity contribution < 1.29 is 4.74 Å². The van der Waals surface area contributed by atoms with Gasteiger partial charge in [0.1, 0.15) is 17.4 Å². The number of nitrogens with one attached hydrogen (secondary N) is 1. The van der Waals surface area contributed by atoms with Crippen molar-refractivity contribution in [1.29, 1.82) is 5.26 Å². The Labute approximate surface area is 122 Å². The van der Waals surface area contributed by atoms with Gasteiger partial charge in [-0.05, 0) is 37.5 Å². The summed E-state index contributed by atoms with van der Waals surface area (Å²) in [4.78, 5) is 8.76. The summed E-state index contributed by atoms with van der Waals surface area (Å²) in [5.41, 5.74) is 4.01. The van der Waals surface area contributed by atoms with E-state index < -0.39 is 0 Å². The van der Waals surface area contributed by atoms with Crippen molar-refractivity contribution in [3.8, 4) is 17.7 Å². The predicted molar refractivity (Wildman–Crippen MR) is 77.8 cm³/mol. The zero-order valence-corrected chi connectivity index (χ0v) is 11.6. The standard InChI is InChI=1S/C15H15N5O/c1-9-2-3-10(8-16)6-12(9)21-14-7-13(20-17)18-15(19-14)11-4-5-11/h2-3,6-7,11H,4-5,17H2,1H3,(H,18,19,20). The first kappa shape index (κ1) is 13.3. The molecule has 6 nitrogen and oxygen atoms in total. The molecule has 3 rings (SSSR count). The molecule has 0 radical (unpaired) electrons. The number of ether oxygens (including phenoxy) is 1. The molecule has 0 unspecified atom stereocenters. The lowest BCUT2D eigenvalue weighted by Gasteiger charge is -2.10. The van der Waals surface area contributed by atoms with E-state index in [1.807, 2.05) is 13.0 Å². The van der Waals surface area contributed by atoms with Crippen LogP contribution in [0.15, 0.2) is 24.3 Å². The maximum absolute atomic E-state index is 8.97. The van der Waals surface area contributed by atoms with Gasteiger partial charge in [0.15, 0.2) is 0 Å². The van der Waals surface area contributed by atoms with Crippen molar-refractivity contribution >= 4 is 5.82 Å². The average molecular weight is 281 g/mol. The Balaban J connectivity index is 1.94. The second-order valence-corrected chi connectivity index (χ2v) is 5.06. The molecule has 3 N–H and O–H groups in total. The highest BCUT2D eigenvalue weighted by Crippen LogP contribution is 2.39. The van der Waals surface area contributed by atoms with Crippen LogP contribution >= 0.6 is 0 Å². The van der Waals surface area contributed by atoms with Crippen LogP contribution in [-0.4, -0.2) is 9.97 Å². The molecule has 0 aliphatic heterocycles. The minimum atomic E-state index is 0.396. The predicted octanol–water partition coefficient (Wildman–Crippen LogP) is 2.61. The zero-order chi connectivity index (χ0) is 14.8. The number of aryl methyl sites for hydroxylation is 1. The highest BCUT2D eigenvalue weighted by Gasteiger charge is 2.27. The number of nitrogens with zero attached hydrogens (tertiary/aromatic N) is 3.